The molecule has 2 N–H and O–H groups in total. The van der Waals surface area contributed by atoms with E-state index in [1.807, 2.05) is 19.1 Å². The van der Waals surface area contributed by atoms with E-state index in [2.05, 4.69) is 34.2 Å². The number of thiocarbonyl (C=S) groups is 1. The van der Waals surface area contributed by atoms with Gasteiger partial charge < -0.3 is 15.4 Å². The highest BCUT2D eigenvalue weighted by Crippen LogP contribution is 2.25. The molecule has 1 aliphatic rings. The number of benzene rings is 1. The van der Waals surface area contributed by atoms with Crippen LogP contribution in [0.4, 0.5) is 0 Å². The van der Waals surface area contributed by atoms with E-state index >= 15 is 0 Å². The third-order valence-electron chi connectivity index (χ3n) is 4.34. The normalized spacial score (nSPS) is 16.2. The van der Waals surface area contributed by atoms with Gasteiger partial charge in [-0.1, -0.05) is 30.7 Å². The van der Waals surface area contributed by atoms with Crippen LogP contribution in [0.2, 0.25) is 0 Å². The molecule has 2 rings (SSSR count). The topological polar surface area (TPSA) is 36.5 Å². The molecule has 5 heteroatoms. The zero-order chi connectivity index (χ0) is 17.4. The summed E-state index contributed by atoms with van der Waals surface area (Å²) in [5.74, 6) is 0.891. The maximum Gasteiger partial charge on any atom is 0.166 e. The van der Waals surface area contributed by atoms with Crippen molar-refractivity contribution in [3.8, 4) is 5.75 Å². The fourth-order valence-electron chi connectivity index (χ4n) is 3.00. The summed E-state index contributed by atoms with van der Waals surface area (Å²) >= 11 is 5.38. The average Bonchev–Trinajstić information content (AvgIpc) is 2.61. The van der Waals surface area contributed by atoms with Crippen molar-refractivity contribution in [1.29, 1.82) is 0 Å². The quantitative estimate of drug-likeness (QED) is 0.585. The van der Waals surface area contributed by atoms with E-state index < -0.39 is 0 Å². The molecule has 0 aliphatic carbocycles. The molecule has 1 atom stereocenters. The number of piperidine rings is 1. The van der Waals surface area contributed by atoms with Crippen LogP contribution in [0.1, 0.15) is 37.8 Å². The summed E-state index contributed by atoms with van der Waals surface area (Å²) in [4.78, 5) is 2.56. The van der Waals surface area contributed by atoms with Crippen LogP contribution in [0.3, 0.4) is 0 Å². The fraction of sp³-hybridized carbons (Fsp3) is 0.526. The van der Waals surface area contributed by atoms with Gasteiger partial charge in [0.25, 0.3) is 0 Å². The Bertz CT molecular complexity index is 538. The zero-order valence-corrected chi connectivity index (χ0v) is 15.6. The third kappa shape index (κ3) is 5.80. The Morgan fingerprint density at radius 3 is 2.46 bits per heavy atom. The lowest BCUT2D eigenvalue weighted by Gasteiger charge is -2.35. The molecule has 24 heavy (non-hydrogen) atoms. The summed E-state index contributed by atoms with van der Waals surface area (Å²) in [6.07, 6.45) is 3.87. The lowest BCUT2D eigenvalue weighted by atomic mass is 10.0. The molecule has 0 amide bonds. The Balaban J connectivity index is 2.01. The molecule has 0 bridgehead atoms. The molecular weight excluding hydrogens is 318 g/mol. The molecule has 1 aromatic rings. The number of methoxy groups -OCH3 is 1. The van der Waals surface area contributed by atoms with E-state index in [9.17, 15) is 0 Å². The second-order valence-corrected chi connectivity index (χ2v) is 6.81. The van der Waals surface area contributed by atoms with Gasteiger partial charge in [0.05, 0.1) is 13.2 Å². The lowest BCUT2D eigenvalue weighted by molar-refractivity contribution is 0.164. The van der Waals surface area contributed by atoms with Crippen LogP contribution in [-0.2, 0) is 0 Å². The van der Waals surface area contributed by atoms with Crippen molar-refractivity contribution >= 4 is 17.3 Å². The monoisotopic (exact) mass is 347 g/mol. The van der Waals surface area contributed by atoms with Crippen LogP contribution in [0.15, 0.2) is 36.4 Å². The summed E-state index contributed by atoms with van der Waals surface area (Å²) < 4.78 is 5.28. The van der Waals surface area contributed by atoms with Crippen molar-refractivity contribution in [1.82, 2.24) is 15.5 Å². The molecular formula is C19H29N3OS. The van der Waals surface area contributed by atoms with Crippen LogP contribution in [-0.4, -0.2) is 43.3 Å². The van der Waals surface area contributed by atoms with Gasteiger partial charge in [0.1, 0.15) is 5.75 Å². The molecule has 0 spiro atoms. The van der Waals surface area contributed by atoms with Gasteiger partial charge in [0, 0.05) is 13.1 Å². The van der Waals surface area contributed by atoms with E-state index in [1.165, 1.54) is 24.8 Å². The molecule has 0 radical (unpaired) electrons. The first kappa shape index (κ1) is 18.7. The predicted molar refractivity (Wildman–Crippen MR) is 105 cm³/mol. The second kappa shape index (κ2) is 9.64. The highest BCUT2D eigenvalue weighted by atomic mass is 32.1. The lowest BCUT2D eigenvalue weighted by Crippen LogP contribution is -2.43. The number of nitrogens with one attached hydrogen (secondary N) is 2. The fourth-order valence-corrected chi connectivity index (χ4v) is 3.15. The van der Waals surface area contributed by atoms with Gasteiger partial charge in [-0.2, -0.15) is 0 Å². The number of rotatable bonds is 7. The summed E-state index contributed by atoms with van der Waals surface area (Å²) in [6, 6.07) is 8.70. The largest absolute Gasteiger partial charge is 0.497 e. The number of likely N-dealkylation sites (tertiary alicyclic amines) is 1. The minimum absolute atomic E-state index is 0.320. The Morgan fingerprint density at radius 2 is 1.88 bits per heavy atom. The van der Waals surface area contributed by atoms with E-state index in [1.54, 1.807) is 7.11 Å². The maximum atomic E-state index is 5.38. The standard InChI is InChI=1S/C19H29N3OS/c1-15(2)13-20-19(24)21-14-18(22-11-5-4-6-12-22)16-7-9-17(23-3)10-8-16/h7-10,18H,1,4-6,11-14H2,2-3H3,(H2,20,21,24). The van der Waals surface area contributed by atoms with Crippen molar-refractivity contribution in [2.75, 3.05) is 33.3 Å². The highest BCUT2D eigenvalue weighted by molar-refractivity contribution is 7.80. The van der Waals surface area contributed by atoms with Crippen LogP contribution in [0.5, 0.6) is 5.75 Å². The van der Waals surface area contributed by atoms with Crippen LogP contribution in [0.25, 0.3) is 0 Å². The summed E-state index contributed by atoms with van der Waals surface area (Å²) in [5.41, 5.74) is 2.37. The van der Waals surface area contributed by atoms with Crippen LogP contribution >= 0.6 is 12.2 Å². The van der Waals surface area contributed by atoms with Gasteiger partial charge in [0.15, 0.2) is 5.11 Å². The molecule has 132 valence electrons. The maximum absolute atomic E-state index is 5.38. The van der Waals surface area contributed by atoms with Gasteiger partial charge in [-0.3, -0.25) is 4.90 Å². The van der Waals surface area contributed by atoms with Gasteiger partial charge in [-0.05, 0) is 62.8 Å². The van der Waals surface area contributed by atoms with Gasteiger partial charge in [-0.15, -0.1) is 0 Å². The molecule has 1 fully saturated rings. The minimum atomic E-state index is 0.320. The molecule has 4 nitrogen and oxygen atoms in total. The highest BCUT2D eigenvalue weighted by Gasteiger charge is 2.22. The Hall–Kier alpha value is -1.59. The van der Waals surface area contributed by atoms with Crippen molar-refractivity contribution in [3.05, 3.63) is 42.0 Å². The van der Waals surface area contributed by atoms with E-state index in [0.29, 0.717) is 17.7 Å². The number of hydrogen-bond acceptors (Lipinski definition) is 3. The molecule has 1 heterocycles. The summed E-state index contributed by atoms with van der Waals surface area (Å²) in [7, 11) is 1.70. The summed E-state index contributed by atoms with van der Waals surface area (Å²) in [5, 5.41) is 7.25. The van der Waals surface area contributed by atoms with Gasteiger partial charge in [-0.25, -0.2) is 0 Å². The second-order valence-electron chi connectivity index (χ2n) is 6.41. The van der Waals surface area contributed by atoms with Gasteiger partial charge >= 0.3 is 0 Å². The molecule has 1 saturated heterocycles. The Morgan fingerprint density at radius 1 is 1.21 bits per heavy atom. The molecule has 1 aromatic carbocycles. The number of nitrogens with zero attached hydrogens (tertiary/aromatic N) is 1. The molecule has 0 saturated carbocycles. The van der Waals surface area contributed by atoms with E-state index in [4.69, 9.17) is 17.0 Å². The molecule has 0 aromatic heterocycles. The average molecular weight is 348 g/mol. The van der Waals surface area contributed by atoms with Gasteiger partial charge in [0.2, 0.25) is 0 Å². The predicted octanol–water partition coefficient (Wildman–Crippen LogP) is 3.26. The van der Waals surface area contributed by atoms with E-state index in [0.717, 1.165) is 31.0 Å². The van der Waals surface area contributed by atoms with Crippen molar-refractivity contribution in [3.63, 3.8) is 0 Å². The molecule has 1 unspecified atom stereocenters. The zero-order valence-electron chi connectivity index (χ0n) is 14.8. The number of hydrogen-bond donors (Lipinski definition) is 2. The van der Waals surface area contributed by atoms with Crippen molar-refractivity contribution < 1.29 is 4.74 Å². The smallest absolute Gasteiger partial charge is 0.166 e. The minimum Gasteiger partial charge on any atom is -0.497 e. The van der Waals surface area contributed by atoms with Crippen LogP contribution in [0, 0.1) is 0 Å². The van der Waals surface area contributed by atoms with E-state index in [-0.39, 0.29) is 0 Å². The van der Waals surface area contributed by atoms with Crippen molar-refractivity contribution in [2.45, 2.75) is 32.2 Å². The summed E-state index contributed by atoms with van der Waals surface area (Å²) in [6.45, 7) is 9.68. The van der Waals surface area contributed by atoms with Crippen molar-refractivity contribution in [2.24, 2.45) is 0 Å². The molecule has 1 aliphatic heterocycles. The first-order valence-corrected chi connectivity index (χ1v) is 9.05. The first-order chi connectivity index (χ1) is 11.6. The first-order valence-electron chi connectivity index (χ1n) is 8.64. The number of ether oxygens (including phenoxy) is 1. The van der Waals surface area contributed by atoms with Crippen LogP contribution < -0.4 is 15.4 Å². The Labute approximate surface area is 151 Å². The Kier molecular flexibility index (Phi) is 7.53. The SMILES string of the molecule is C=C(C)CNC(=S)NCC(c1ccc(OC)cc1)N1CCCCC1. The third-order valence-corrected chi connectivity index (χ3v) is 4.63.